The standard InChI is InChI=1S/C50H68N4O34/c55-11-21-39-27(61)33(67)47(79-21)83-37-19(9-51-43(71)15-1-5-17(6-2-15)53(73)74)78-46(32(66)26(37)60)86-40-22(12-56)81-49(35(69)29(40)63)88-42-24(14-58)82-50(36(70)30(42)64)87-41-23(13-57)80-48(34(68)28(41)62)84-38-20(77-45(85-39)31(65)25(38)59)10-52-44(72)16-3-7-18(8-4-16)54(75)76/h1-8,19-42,45-50,55-70H,9-14H2,(H,51,71)(H,52,72)/t19-,20-,21-,22-,23-,24-,25-,26-,27-,28-,29-,30-,31-,32-,33-,34-,35-,36-,37-,38-,39-,40-,41-,42-,45-,46-,47-,48-,49-,50-/m1/s1. The van der Waals surface area contributed by atoms with E-state index in [1.807, 2.05) is 0 Å². The van der Waals surface area contributed by atoms with Crippen molar-refractivity contribution in [2.45, 2.75) is 184 Å². The van der Waals surface area contributed by atoms with E-state index >= 15 is 0 Å². The number of amides is 2. The summed E-state index contributed by atoms with van der Waals surface area (Å²) in [5.74, 6) is -1.84. The Labute approximate surface area is 494 Å². The second-order valence-electron chi connectivity index (χ2n) is 21.5. The predicted octanol–water partition coefficient (Wildman–Crippen LogP) is -10.4. The van der Waals surface area contributed by atoms with Crippen molar-refractivity contribution in [3.63, 3.8) is 0 Å². The molecular weight excluding hydrogens is 1200 g/mol. The molecule has 12 bridgehead atoms. The molecule has 22 aliphatic heterocycles. The molecule has 22 aliphatic rings. The maximum absolute atomic E-state index is 13.4. The van der Waals surface area contributed by atoms with Crippen molar-refractivity contribution in [2.24, 2.45) is 0 Å². The fraction of sp³-hybridized carbons (Fsp3) is 0.720. The van der Waals surface area contributed by atoms with Gasteiger partial charge in [0.25, 0.3) is 23.2 Å². The van der Waals surface area contributed by atoms with Crippen molar-refractivity contribution in [3.8, 4) is 0 Å². The summed E-state index contributed by atoms with van der Waals surface area (Å²) >= 11 is 0. The molecule has 38 nitrogen and oxygen atoms in total. The molecule has 30 atom stereocenters. The number of non-ortho nitro benzene ring substituents is 2. The van der Waals surface area contributed by atoms with E-state index in [2.05, 4.69) is 10.6 Å². The Morgan fingerprint density at radius 2 is 0.523 bits per heavy atom. The number of nitro groups is 2. The minimum absolute atomic E-state index is 0.150. The van der Waals surface area contributed by atoms with Gasteiger partial charge in [0, 0.05) is 48.5 Å². The molecule has 38 heteroatoms. The van der Waals surface area contributed by atoms with Crippen molar-refractivity contribution in [3.05, 3.63) is 79.9 Å². The quantitative estimate of drug-likeness (QED) is 0.0693. The molecule has 0 aliphatic carbocycles. The van der Waals surface area contributed by atoms with Crippen LogP contribution in [0.5, 0.6) is 0 Å². The largest absolute Gasteiger partial charge is 0.394 e. The number of carbonyl (C=O) groups excluding carboxylic acids is 2. The summed E-state index contributed by atoms with van der Waals surface area (Å²) in [6.07, 6.45) is -62.5. The fourth-order valence-electron chi connectivity index (χ4n) is 11.0. The molecule has 0 aromatic heterocycles. The van der Waals surface area contributed by atoms with Crippen LogP contribution < -0.4 is 10.6 Å². The Bertz CT molecular complexity index is 2590. The highest BCUT2D eigenvalue weighted by atomic mass is 16.8. The zero-order valence-corrected chi connectivity index (χ0v) is 45.6. The van der Waals surface area contributed by atoms with Crippen molar-refractivity contribution >= 4 is 23.2 Å². The highest BCUT2D eigenvalue weighted by Gasteiger charge is 2.59. The van der Waals surface area contributed by atoms with Gasteiger partial charge in [0.1, 0.15) is 146 Å². The third-order valence-corrected chi connectivity index (χ3v) is 15.9. The van der Waals surface area contributed by atoms with Crippen molar-refractivity contribution in [1.82, 2.24) is 10.6 Å². The number of benzene rings is 2. The lowest BCUT2D eigenvalue weighted by molar-refractivity contribution is -0.402. The smallest absolute Gasteiger partial charge is 0.269 e. The fourth-order valence-corrected chi connectivity index (χ4v) is 11.0. The first-order valence-corrected chi connectivity index (χ1v) is 27.4. The highest BCUT2D eigenvalue weighted by molar-refractivity contribution is 5.95. The van der Waals surface area contributed by atoms with Crippen molar-refractivity contribution in [2.75, 3.05) is 39.5 Å². The minimum Gasteiger partial charge on any atom is -0.394 e. The average molecular weight is 1270 g/mol. The maximum atomic E-state index is 13.4. The first-order chi connectivity index (χ1) is 41.9. The number of hydrogen-bond acceptors (Lipinski definition) is 34. The van der Waals surface area contributed by atoms with Crippen molar-refractivity contribution in [1.29, 1.82) is 0 Å². The number of aliphatic hydroxyl groups is 16. The summed E-state index contributed by atoms with van der Waals surface area (Å²) in [7, 11) is 0. The Balaban J connectivity index is 1.04. The van der Waals surface area contributed by atoms with Gasteiger partial charge < -0.3 is 149 Å². The van der Waals surface area contributed by atoms with Gasteiger partial charge in [-0.3, -0.25) is 29.8 Å². The molecule has 24 rings (SSSR count). The molecule has 2 aromatic carbocycles. The van der Waals surface area contributed by atoms with E-state index in [1.54, 1.807) is 0 Å². The Morgan fingerprint density at radius 1 is 0.330 bits per heavy atom. The Kier molecular flexibility index (Phi) is 22.0. The first kappa shape index (κ1) is 67.5. The lowest BCUT2D eigenvalue weighted by Gasteiger charge is -2.51. The first-order valence-electron chi connectivity index (χ1n) is 27.4. The van der Waals surface area contributed by atoms with E-state index in [0.717, 1.165) is 48.5 Å². The summed E-state index contributed by atoms with van der Waals surface area (Å²) in [5.41, 5.74) is -1.06. The third kappa shape index (κ3) is 13.9. The van der Waals surface area contributed by atoms with Crippen molar-refractivity contribution < 1.29 is 158 Å². The molecule has 2 aromatic rings. The van der Waals surface area contributed by atoms with Gasteiger partial charge >= 0.3 is 0 Å². The predicted molar refractivity (Wildman–Crippen MR) is 272 cm³/mol. The molecule has 0 radical (unpaired) electrons. The number of aliphatic hydroxyl groups excluding tert-OH is 16. The van der Waals surface area contributed by atoms with E-state index in [1.165, 1.54) is 0 Å². The Morgan fingerprint density at radius 3 is 0.716 bits per heavy atom. The van der Waals surface area contributed by atoms with Gasteiger partial charge in [0.15, 0.2) is 37.7 Å². The SMILES string of the molecule is O=C(NC[C@H]1O[C@@H]2O[C@H]3[C@H](O)[C@@H](O)[C@@H](O[C@H]4[C@H](O)[C@@H](O)[C@@H](O[C@H]5[C@H](O)[C@@H](O)[C@@H](O[C@H]6[C@H](O)[C@@H](O)[C@@H](O[C@H]7[C@H](O)[C@@H](O)[C@@H](O[C@H]1[C@H](O)[C@H]2O)O[C@@H]7CO)O[C@@H]6CNC(=O)c1ccc([N+](=O)[O-])cc1)O[C@@H]5CO)O[C@@H]4CO)O[C@@H]3CO)c1ccc([N+](=O)[O-])cc1. The molecule has 22 heterocycles. The molecule has 22 fully saturated rings. The molecule has 22 saturated heterocycles. The molecule has 18 N–H and O–H groups in total. The normalized spacial score (nSPS) is 44.1. The summed E-state index contributed by atoms with van der Waals surface area (Å²) in [6, 6.07) is 8.41. The highest BCUT2D eigenvalue weighted by Crippen LogP contribution is 2.38. The molecule has 0 spiro atoms. The number of rotatable bonds is 12. The van der Waals surface area contributed by atoms with Gasteiger partial charge in [-0.25, -0.2) is 0 Å². The van der Waals surface area contributed by atoms with E-state index in [0.29, 0.717) is 0 Å². The molecule has 88 heavy (non-hydrogen) atoms. The number of nitro benzene ring substituents is 2. The topological polar surface area (TPSA) is 579 Å². The molecule has 2 amide bonds. The van der Waals surface area contributed by atoms with Crippen LogP contribution in [0.25, 0.3) is 0 Å². The van der Waals surface area contributed by atoms with Gasteiger partial charge in [-0.1, -0.05) is 0 Å². The van der Waals surface area contributed by atoms with Gasteiger partial charge in [0.05, 0.1) is 36.3 Å². The van der Waals surface area contributed by atoms with Gasteiger partial charge in [0.2, 0.25) is 0 Å². The third-order valence-electron chi connectivity index (χ3n) is 15.9. The van der Waals surface area contributed by atoms with Crippen LogP contribution in [0, 0.1) is 20.2 Å². The zero-order chi connectivity index (χ0) is 63.7. The maximum Gasteiger partial charge on any atom is 0.269 e. The van der Waals surface area contributed by atoms with E-state index in [4.69, 9.17) is 56.8 Å². The molecule has 492 valence electrons. The summed E-state index contributed by atoms with van der Waals surface area (Å²) in [6.45, 7) is -5.88. The summed E-state index contributed by atoms with van der Waals surface area (Å²) in [5, 5.41) is 209. The van der Waals surface area contributed by atoms with Crippen LogP contribution in [-0.4, -0.2) is 327 Å². The summed E-state index contributed by atoms with van der Waals surface area (Å²) < 4.78 is 70.2. The monoisotopic (exact) mass is 1270 g/mol. The zero-order valence-electron chi connectivity index (χ0n) is 45.6. The Hall–Kier alpha value is -4.94. The van der Waals surface area contributed by atoms with Crippen LogP contribution in [0.15, 0.2) is 48.5 Å². The second-order valence-corrected chi connectivity index (χ2v) is 21.5. The van der Waals surface area contributed by atoms with Crippen LogP contribution in [0.2, 0.25) is 0 Å². The molecule has 0 unspecified atom stereocenters. The molecule has 0 saturated carbocycles. The van der Waals surface area contributed by atoms with Gasteiger partial charge in [-0.15, -0.1) is 0 Å². The van der Waals surface area contributed by atoms with Crippen LogP contribution in [-0.2, 0) is 56.8 Å². The second kappa shape index (κ2) is 28.7. The van der Waals surface area contributed by atoms with Crippen LogP contribution >= 0.6 is 0 Å². The lowest BCUT2D eigenvalue weighted by atomic mass is 9.94. The number of hydrogen-bond donors (Lipinski definition) is 18. The number of carbonyl (C=O) groups is 2. The van der Waals surface area contributed by atoms with Crippen LogP contribution in [0.3, 0.4) is 0 Å². The van der Waals surface area contributed by atoms with E-state index in [-0.39, 0.29) is 22.5 Å². The van der Waals surface area contributed by atoms with Gasteiger partial charge in [-0.05, 0) is 24.3 Å². The number of nitrogens with one attached hydrogen (secondary N) is 2. The molecular formula is C50H68N4O34. The van der Waals surface area contributed by atoms with Crippen LogP contribution in [0.4, 0.5) is 11.4 Å². The van der Waals surface area contributed by atoms with Crippen LogP contribution in [0.1, 0.15) is 20.7 Å². The number of nitrogens with zero attached hydrogens (tertiary/aromatic N) is 2. The minimum atomic E-state index is -2.32. The van der Waals surface area contributed by atoms with E-state index < -0.39 is 245 Å². The van der Waals surface area contributed by atoms with Gasteiger partial charge in [-0.2, -0.15) is 0 Å². The summed E-state index contributed by atoms with van der Waals surface area (Å²) in [4.78, 5) is 48.0. The van der Waals surface area contributed by atoms with E-state index in [9.17, 15) is 112 Å². The lowest BCUT2D eigenvalue weighted by Crippen LogP contribution is -2.69. The number of ether oxygens (including phenoxy) is 12. The average Bonchev–Trinajstić information content (AvgIpc) is 0.981.